The molecule has 0 saturated carbocycles. The zero-order chi connectivity index (χ0) is 14.3. The molecule has 2 aromatic rings. The Bertz CT molecular complexity index is 651. The number of hydrogen-bond acceptors (Lipinski definition) is 3. The normalized spacial score (nSPS) is 8.58. The van der Waals surface area contributed by atoms with Crippen LogP contribution in [0.4, 0.5) is 0 Å². The molecule has 0 bridgehead atoms. The summed E-state index contributed by atoms with van der Waals surface area (Å²) in [7, 11) is 0. The van der Waals surface area contributed by atoms with Crippen molar-refractivity contribution in [1.82, 2.24) is 4.98 Å². The van der Waals surface area contributed by atoms with Crippen molar-refractivity contribution in [2.45, 2.75) is 27.7 Å². The molecule has 2 rings (SSSR count). The van der Waals surface area contributed by atoms with Gasteiger partial charge in [0.05, 0.1) is 16.6 Å². The van der Waals surface area contributed by atoms with E-state index < -0.39 is 0 Å². The fourth-order valence-electron chi connectivity index (χ4n) is 1.48. The minimum Gasteiger partial charge on any atom is -0.233 e. The Kier molecular flexibility index (Phi) is 5.79. The minimum absolute atomic E-state index is 0.642. The summed E-state index contributed by atoms with van der Waals surface area (Å²) in [4.78, 5) is 4.27. The summed E-state index contributed by atoms with van der Waals surface area (Å²) in [6.07, 6.45) is 0. The van der Waals surface area contributed by atoms with Crippen LogP contribution in [0.5, 0.6) is 0 Å². The fourth-order valence-corrected chi connectivity index (χ4v) is 2.02. The van der Waals surface area contributed by atoms with Gasteiger partial charge in [-0.1, -0.05) is 19.8 Å². The summed E-state index contributed by atoms with van der Waals surface area (Å²) in [6, 6.07) is 7.73. The molecule has 0 saturated heterocycles. The van der Waals surface area contributed by atoms with Gasteiger partial charge in [-0.2, -0.15) is 5.26 Å². The first-order valence-electron chi connectivity index (χ1n) is 6.13. The molecule has 0 spiro atoms. The molecule has 0 aliphatic heterocycles. The molecule has 2 nitrogen and oxygen atoms in total. The third-order valence-corrected chi connectivity index (χ3v) is 2.93. The van der Waals surface area contributed by atoms with E-state index in [1.165, 1.54) is 0 Å². The van der Waals surface area contributed by atoms with Gasteiger partial charge in [-0.15, -0.1) is 11.3 Å². The molecule has 3 heteroatoms. The molecule has 19 heavy (non-hydrogen) atoms. The molecule has 0 aliphatic carbocycles. The lowest BCUT2D eigenvalue weighted by Crippen LogP contribution is -1.82. The first-order chi connectivity index (χ1) is 9.17. The largest absolute Gasteiger partial charge is 0.233 e. The van der Waals surface area contributed by atoms with Crippen LogP contribution < -0.4 is 0 Å². The van der Waals surface area contributed by atoms with Gasteiger partial charge >= 0.3 is 0 Å². The van der Waals surface area contributed by atoms with E-state index in [1.54, 1.807) is 17.4 Å². The summed E-state index contributed by atoms with van der Waals surface area (Å²) in [5.41, 5.74) is 3.33. The van der Waals surface area contributed by atoms with Crippen molar-refractivity contribution in [2.24, 2.45) is 0 Å². The van der Waals surface area contributed by atoms with E-state index in [-0.39, 0.29) is 0 Å². The maximum absolute atomic E-state index is 8.87. The summed E-state index contributed by atoms with van der Waals surface area (Å²) < 4.78 is 0. The summed E-state index contributed by atoms with van der Waals surface area (Å²) in [6.45, 7) is 7.91. The molecule has 1 aromatic heterocycles. The van der Waals surface area contributed by atoms with Gasteiger partial charge in [-0.25, -0.2) is 4.98 Å². The van der Waals surface area contributed by atoms with Crippen LogP contribution in [0.3, 0.4) is 0 Å². The van der Waals surface area contributed by atoms with Gasteiger partial charge in [-0.05, 0) is 43.5 Å². The van der Waals surface area contributed by atoms with Crippen molar-refractivity contribution in [3.63, 3.8) is 0 Å². The first-order valence-corrected chi connectivity index (χ1v) is 7.01. The highest BCUT2D eigenvalue weighted by atomic mass is 32.1. The standard InChI is InChI=1S/C14H10N2S.C2H6/c1-10-5-12(7-13(6-10)8-15)3-4-14-9-17-11(2)16-14;1-2/h5-7,9H,1-2H3;1-2H3. The number of hydrogen-bond donors (Lipinski definition) is 0. The van der Waals surface area contributed by atoms with E-state index in [9.17, 15) is 0 Å². The maximum atomic E-state index is 8.87. The van der Waals surface area contributed by atoms with Crippen molar-refractivity contribution in [2.75, 3.05) is 0 Å². The zero-order valence-electron chi connectivity index (χ0n) is 11.6. The van der Waals surface area contributed by atoms with Gasteiger partial charge in [0.25, 0.3) is 0 Å². The van der Waals surface area contributed by atoms with Crippen LogP contribution in [0.1, 0.15) is 41.2 Å². The van der Waals surface area contributed by atoms with Crippen molar-refractivity contribution in [1.29, 1.82) is 5.26 Å². The zero-order valence-corrected chi connectivity index (χ0v) is 12.4. The highest BCUT2D eigenvalue weighted by Gasteiger charge is 1.96. The molecule has 1 aromatic carbocycles. The van der Waals surface area contributed by atoms with Crippen LogP contribution in [0, 0.1) is 37.0 Å². The van der Waals surface area contributed by atoms with E-state index >= 15 is 0 Å². The van der Waals surface area contributed by atoms with Crippen LogP contribution in [0.15, 0.2) is 23.6 Å². The number of aromatic nitrogens is 1. The van der Waals surface area contributed by atoms with Gasteiger partial charge in [0.1, 0.15) is 5.69 Å². The van der Waals surface area contributed by atoms with Gasteiger partial charge in [0.15, 0.2) is 0 Å². The predicted octanol–water partition coefficient (Wildman–Crippen LogP) is 4.06. The molecule has 0 aliphatic rings. The van der Waals surface area contributed by atoms with Crippen LogP contribution in [-0.4, -0.2) is 4.98 Å². The highest BCUT2D eigenvalue weighted by Crippen LogP contribution is 2.09. The number of nitriles is 1. The predicted molar refractivity (Wildman–Crippen MR) is 80.1 cm³/mol. The second kappa shape index (κ2) is 7.36. The average molecular weight is 268 g/mol. The van der Waals surface area contributed by atoms with Gasteiger partial charge in [0, 0.05) is 10.9 Å². The van der Waals surface area contributed by atoms with Crippen molar-refractivity contribution in [3.05, 3.63) is 51.0 Å². The van der Waals surface area contributed by atoms with Gasteiger partial charge in [-0.3, -0.25) is 0 Å². The lowest BCUT2D eigenvalue weighted by Gasteiger charge is -1.95. The molecule has 0 atom stereocenters. The third-order valence-electron chi connectivity index (χ3n) is 2.16. The molecule has 0 fully saturated rings. The molecule has 96 valence electrons. The van der Waals surface area contributed by atoms with Gasteiger partial charge < -0.3 is 0 Å². The molecule has 0 radical (unpaired) electrons. The van der Waals surface area contributed by atoms with Gasteiger partial charge in [0.2, 0.25) is 0 Å². The van der Waals surface area contributed by atoms with Crippen molar-refractivity contribution < 1.29 is 0 Å². The Labute approximate surface area is 118 Å². The summed E-state index contributed by atoms with van der Waals surface area (Å²) in [5.74, 6) is 6.03. The lowest BCUT2D eigenvalue weighted by molar-refractivity contribution is 1.27. The van der Waals surface area contributed by atoms with E-state index in [0.29, 0.717) is 5.56 Å². The molecule has 0 N–H and O–H groups in total. The molecular formula is C16H16N2S. The van der Waals surface area contributed by atoms with Crippen LogP contribution in [0.25, 0.3) is 0 Å². The number of rotatable bonds is 0. The highest BCUT2D eigenvalue weighted by molar-refractivity contribution is 7.09. The summed E-state index contributed by atoms with van der Waals surface area (Å²) >= 11 is 1.58. The number of aryl methyl sites for hydroxylation is 2. The lowest BCUT2D eigenvalue weighted by atomic mass is 10.1. The number of benzene rings is 1. The SMILES string of the molecule is CC.Cc1cc(C#N)cc(C#Cc2csc(C)n2)c1. The van der Waals surface area contributed by atoms with E-state index in [0.717, 1.165) is 21.8 Å². The fraction of sp³-hybridized carbons (Fsp3) is 0.250. The maximum Gasteiger partial charge on any atom is 0.124 e. The Balaban J connectivity index is 0.000000861. The van der Waals surface area contributed by atoms with Crippen LogP contribution in [-0.2, 0) is 0 Å². The summed E-state index contributed by atoms with van der Waals surface area (Å²) in [5, 5.41) is 11.8. The molecule has 0 unspecified atom stereocenters. The molecule has 1 heterocycles. The minimum atomic E-state index is 0.642. The first kappa shape index (κ1) is 15.0. The topological polar surface area (TPSA) is 36.7 Å². The monoisotopic (exact) mass is 268 g/mol. The van der Waals surface area contributed by atoms with E-state index in [2.05, 4.69) is 22.9 Å². The Morgan fingerprint density at radius 1 is 1.05 bits per heavy atom. The average Bonchev–Trinajstić information content (AvgIpc) is 2.84. The number of nitrogens with zero attached hydrogens (tertiary/aromatic N) is 2. The number of thiazole rings is 1. The second-order valence-corrected chi connectivity index (χ2v) is 4.76. The van der Waals surface area contributed by atoms with Crippen LogP contribution >= 0.6 is 11.3 Å². The van der Waals surface area contributed by atoms with E-state index in [4.69, 9.17) is 5.26 Å². The van der Waals surface area contributed by atoms with E-state index in [1.807, 2.05) is 45.2 Å². The second-order valence-electron chi connectivity index (χ2n) is 3.70. The Morgan fingerprint density at radius 2 is 1.74 bits per heavy atom. The quantitative estimate of drug-likeness (QED) is 0.676. The molecule has 0 amide bonds. The van der Waals surface area contributed by atoms with Crippen molar-refractivity contribution in [3.8, 4) is 17.9 Å². The smallest absolute Gasteiger partial charge is 0.124 e. The van der Waals surface area contributed by atoms with Crippen LogP contribution in [0.2, 0.25) is 0 Å². The van der Waals surface area contributed by atoms with Crippen molar-refractivity contribution >= 4 is 11.3 Å². The third kappa shape index (κ3) is 4.58. The Morgan fingerprint density at radius 3 is 2.32 bits per heavy atom. The Hall–Kier alpha value is -2.10. The molecular weight excluding hydrogens is 252 g/mol.